The van der Waals surface area contributed by atoms with Crippen LogP contribution in [0.15, 0.2) is 18.5 Å². The van der Waals surface area contributed by atoms with Gasteiger partial charge in [-0.3, -0.25) is 0 Å². The Labute approximate surface area is 117 Å². The monoisotopic (exact) mass is 280 g/mol. The Hall–Kier alpha value is -1.69. The molecule has 2 rings (SSSR count). The molecule has 102 valence electrons. The van der Waals surface area contributed by atoms with Gasteiger partial charge >= 0.3 is 0 Å². The summed E-state index contributed by atoms with van der Waals surface area (Å²) in [6.07, 6.45) is 3.43. The van der Waals surface area contributed by atoms with E-state index in [-0.39, 0.29) is 10.7 Å². The lowest BCUT2D eigenvalue weighted by molar-refractivity contribution is 0.416. The van der Waals surface area contributed by atoms with Crippen LogP contribution in [0.3, 0.4) is 0 Å². The summed E-state index contributed by atoms with van der Waals surface area (Å²) in [5.41, 5.74) is 0.139. The normalized spacial score (nSPS) is 11.6. The molecular weight excluding hydrogens is 264 g/mol. The molecule has 0 saturated heterocycles. The van der Waals surface area contributed by atoms with E-state index < -0.39 is 0 Å². The van der Waals surface area contributed by atoms with Gasteiger partial charge < -0.3 is 4.90 Å². The number of rotatable bonds is 3. The Morgan fingerprint density at radius 2 is 2.00 bits per heavy atom. The third-order valence-electron chi connectivity index (χ3n) is 2.35. The summed E-state index contributed by atoms with van der Waals surface area (Å²) in [5.74, 6) is 0.959. The summed E-state index contributed by atoms with van der Waals surface area (Å²) < 4.78 is 1.56. The zero-order chi connectivity index (χ0) is 14.0. The Morgan fingerprint density at radius 1 is 1.26 bits per heavy atom. The number of hydrogen-bond donors (Lipinski definition) is 0. The highest BCUT2D eigenvalue weighted by molar-refractivity contribution is 6.28. The molecule has 0 amide bonds. The molecule has 2 heterocycles. The van der Waals surface area contributed by atoms with E-state index in [9.17, 15) is 0 Å². The highest BCUT2D eigenvalue weighted by atomic mass is 35.5. The quantitative estimate of drug-likeness (QED) is 0.862. The van der Waals surface area contributed by atoms with Gasteiger partial charge in [-0.1, -0.05) is 20.8 Å². The second kappa shape index (κ2) is 5.13. The van der Waals surface area contributed by atoms with Crippen LogP contribution in [0.5, 0.6) is 0 Å². The lowest BCUT2D eigenvalue weighted by Gasteiger charge is -2.26. The van der Waals surface area contributed by atoms with Crippen LogP contribution in [0.1, 0.15) is 20.8 Å². The number of hydrogen-bond acceptors (Lipinski definition) is 5. The molecule has 0 radical (unpaired) electrons. The average molecular weight is 281 g/mol. The van der Waals surface area contributed by atoms with Gasteiger partial charge in [-0.25, -0.2) is 4.68 Å². The summed E-state index contributed by atoms with van der Waals surface area (Å²) in [6, 6.07) is 1.80. The van der Waals surface area contributed by atoms with Crippen LogP contribution in [0.2, 0.25) is 5.28 Å². The van der Waals surface area contributed by atoms with Gasteiger partial charge in [0.1, 0.15) is 0 Å². The van der Waals surface area contributed by atoms with Crippen molar-refractivity contribution in [1.29, 1.82) is 0 Å². The maximum absolute atomic E-state index is 5.95. The first-order chi connectivity index (χ1) is 8.85. The smallest absolute Gasteiger partial charge is 0.256 e. The first-order valence-corrected chi connectivity index (χ1v) is 6.36. The Kier molecular flexibility index (Phi) is 3.71. The fourth-order valence-electron chi connectivity index (χ4n) is 1.77. The molecule has 0 aromatic carbocycles. The topological polar surface area (TPSA) is 59.7 Å². The summed E-state index contributed by atoms with van der Waals surface area (Å²) in [4.78, 5) is 14.6. The Morgan fingerprint density at radius 3 is 2.58 bits per heavy atom. The lowest BCUT2D eigenvalue weighted by atomic mass is 9.96. The minimum Gasteiger partial charge on any atom is -0.343 e. The standard InChI is InChI=1S/C12H17ClN6/c1-12(2,3)8-18(4)10-15-9(13)16-11(17-10)19-7-5-6-14-19/h5-7H,8H2,1-4H3. The first kappa shape index (κ1) is 13.7. The van der Waals surface area contributed by atoms with E-state index in [0.717, 1.165) is 6.54 Å². The molecule has 0 spiro atoms. The van der Waals surface area contributed by atoms with Gasteiger partial charge in [0.25, 0.3) is 5.95 Å². The van der Waals surface area contributed by atoms with E-state index in [4.69, 9.17) is 11.6 Å². The van der Waals surface area contributed by atoms with Crippen LogP contribution in [-0.4, -0.2) is 38.3 Å². The van der Waals surface area contributed by atoms with E-state index in [2.05, 4.69) is 40.8 Å². The van der Waals surface area contributed by atoms with Crippen molar-refractivity contribution in [2.45, 2.75) is 20.8 Å². The summed E-state index contributed by atoms with van der Waals surface area (Å²) in [5, 5.41) is 4.25. The van der Waals surface area contributed by atoms with Crippen molar-refractivity contribution >= 4 is 17.5 Å². The van der Waals surface area contributed by atoms with Gasteiger partial charge in [-0.15, -0.1) is 0 Å². The number of aromatic nitrogens is 5. The average Bonchev–Trinajstić information content (AvgIpc) is 2.79. The Bertz CT molecular complexity index is 546. The van der Waals surface area contributed by atoms with E-state index in [1.807, 2.05) is 11.9 Å². The van der Waals surface area contributed by atoms with Crippen LogP contribution >= 0.6 is 11.6 Å². The van der Waals surface area contributed by atoms with Gasteiger partial charge in [-0.05, 0) is 23.1 Å². The van der Waals surface area contributed by atoms with Gasteiger partial charge in [0, 0.05) is 26.0 Å². The molecule has 6 nitrogen and oxygen atoms in total. The van der Waals surface area contributed by atoms with Gasteiger partial charge in [0.2, 0.25) is 11.2 Å². The van der Waals surface area contributed by atoms with Crippen molar-refractivity contribution < 1.29 is 0 Å². The second-order valence-electron chi connectivity index (χ2n) is 5.57. The van der Waals surface area contributed by atoms with Crippen molar-refractivity contribution in [3.63, 3.8) is 0 Å². The van der Waals surface area contributed by atoms with Gasteiger partial charge in [0.15, 0.2) is 0 Å². The molecule has 0 bridgehead atoms. The van der Waals surface area contributed by atoms with Crippen LogP contribution in [0.4, 0.5) is 5.95 Å². The fourth-order valence-corrected chi connectivity index (χ4v) is 1.92. The number of halogens is 1. The number of anilines is 1. The summed E-state index contributed by atoms with van der Waals surface area (Å²) in [6.45, 7) is 7.27. The Balaban J connectivity index is 2.32. The second-order valence-corrected chi connectivity index (χ2v) is 5.91. The lowest BCUT2D eigenvalue weighted by Crippen LogP contribution is -2.30. The van der Waals surface area contributed by atoms with E-state index in [1.165, 1.54) is 0 Å². The number of nitrogens with zero attached hydrogens (tertiary/aromatic N) is 6. The minimum absolute atomic E-state index is 0.139. The van der Waals surface area contributed by atoms with Crippen LogP contribution in [0, 0.1) is 5.41 Å². The van der Waals surface area contributed by atoms with E-state index in [0.29, 0.717) is 11.9 Å². The molecule has 0 atom stereocenters. The maximum atomic E-state index is 5.95. The molecule has 2 aromatic rings. The minimum atomic E-state index is 0.139. The largest absolute Gasteiger partial charge is 0.343 e. The summed E-state index contributed by atoms with van der Waals surface area (Å²) in [7, 11) is 1.93. The SMILES string of the molecule is CN(CC(C)(C)C)c1nc(Cl)nc(-n2cccn2)n1. The van der Waals surface area contributed by atoms with Crippen LogP contribution in [-0.2, 0) is 0 Å². The molecule has 0 saturated carbocycles. The molecule has 0 aliphatic rings. The van der Waals surface area contributed by atoms with Crippen LogP contribution in [0.25, 0.3) is 5.95 Å². The third-order valence-corrected chi connectivity index (χ3v) is 2.52. The first-order valence-electron chi connectivity index (χ1n) is 5.98. The predicted octanol–water partition coefficient (Wildman–Crippen LogP) is 2.19. The summed E-state index contributed by atoms with van der Waals surface area (Å²) >= 11 is 5.95. The zero-order valence-corrected chi connectivity index (χ0v) is 12.3. The maximum Gasteiger partial charge on any atom is 0.256 e. The third kappa shape index (κ3) is 3.64. The van der Waals surface area contributed by atoms with E-state index >= 15 is 0 Å². The molecular formula is C12H17ClN6. The van der Waals surface area contributed by atoms with Gasteiger partial charge in [-0.2, -0.15) is 20.1 Å². The van der Waals surface area contributed by atoms with Crippen molar-refractivity contribution in [1.82, 2.24) is 24.7 Å². The van der Waals surface area contributed by atoms with Crippen molar-refractivity contribution in [2.24, 2.45) is 5.41 Å². The molecule has 2 aromatic heterocycles. The molecule has 0 N–H and O–H groups in total. The molecule has 0 aliphatic heterocycles. The zero-order valence-electron chi connectivity index (χ0n) is 11.5. The molecule has 0 unspecified atom stereocenters. The molecule has 0 aliphatic carbocycles. The van der Waals surface area contributed by atoms with Crippen LogP contribution < -0.4 is 4.90 Å². The van der Waals surface area contributed by atoms with Crippen molar-refractivity contribution in [3.05, 3.63) is 23.7 Å². The molecule has 19 heavy (non-hydrogen) atoms. The van der Waals surface area contributed by atoms with E-state index in [1.54, 1.807) is 23.1 Å². The highest BCUT2D eigenvalue weighted by Crippen LogP contribution is 2.18. The fraction of sp³-hybridized carbons (Fsp3) is 0.500. The molecule has 7 heteroatoms. The van der Waals surface area contributed by atoms with Gasteiger partial charge in [0.05, 0.1) is 0 Å². The van der Waals surface area contributed by atoms with Crippen molar-refractivity contribution in [2.75, 3.05) is 18.5 Å². The molecule has 0 fully saturated rings. The van der Waals surface area contributed by atoms with Crippen molar-refractivity contribution in [3.8, 4) is 5.95 Å². The predicted molar refractivity (Wildman–Crippen MR) is 74.7 cm³/mol. The highest BCUT2D eigenvalue weighted by Gasteiger charge is 2.17.